The maximum Gasteiger partial charge on any atom is 0.251 e. The van der Waals surface area contributed by atoms with E-state index in [1.807, 2.05) is 18.2 Å². The number of carbonyl (C=O) groups is 1. The maximum atomic E-state index is 12.8. The molecule has 0 aliphatic rings. The number of halogens is 2. The quantitative estimate of drug-likeness (QED) is 0.856. The van der Waals surface area contributed by atoms with Crippen molar-refractivity contribution < 1.29 is 9.18 Å². The summed E-state index contributed by atoms with van der Waals surface area (Å²) in [6.07, 6.45) is 0. The van der Waals surface area contributed by atoms with Crippen LogP contribution in [-0.4, -0.2) is 5.91 Å². The third kappa shape index (κ3) is 3.64. The summed E-state index contributed by atoms with van der Waals surface area (Å²) in [7, 11) is 0. The van der Waals surface area contributed by atoms with Crippen LogP contribution in [0.2, 0.25) is 0 Å². The number of hydrogen-bond donors (Lipinski definition) is 1. The number of nitrogens with one attached hydrogen (secondary N) is 1. The highest BCUT2D eigenvalue weighted by Gasteiger charge is 2.09. The first-order valence-electron chi connectivity index (χ1n) is 5.87. The van der Waals surface area contributed by atoms with Crippen LogP contribution in [0.5, 0.6) is 0 Å². The fourth-order valence-electron chi connectivity index (χ4n) is 1.74. The summed E-state index contributed by atoms with van der Waals surface area (Å²) in [6.45, 7) is 0.385. The molecule has 0 fully saturated rings. The zero-order valence-electron chi connectivity index (χ0n) is 10.2. The highest BCUT2D eigenvalue weighted by atomic mass is 79.9. The Kier molecular flexibility index (Phi) is 4.68. The normalized spacial score (nSPS) is 10.2. The van der Waals surface area contributed by atoms with Gasteiger partial charge in [-0.05, 0) is 29.3 Å². The van der Waals surface area contributed by atoms with Crippen molar-refractivity contribution in [3.8, 4) is 0 Å². The predicted molar refractivity (Wildman–Crippen MR) is 76.6 cm³/mol. The molecule has 0 radical (unpaired) electrons. The van der Waals surface area contributed by atoms with Crippen molar-refractivity contribution in [3.05, 3.63) is 71.0 Å². The SMILES string of the molecule is O=C(NCc1ccc(F)cc1)c1ccccc1CBr. The van der Waals surface area contributed by atoms with E-state index in [2.05, 4.69) is 21.2 Å². The van der Waals surface area contributed by atoms with Crippen molar-refractivity contribution >= 4 is 21.8 Å². The molecule has 0 saturated heterocycles. The van der Waals surface area contributed by atoms with Gasteiger partial charge in [-0.25, -0.2) is 4.39 Å². The molecule has 0 spiro atoms. The lowest BCUT2D eigenvalue weighted by Crippen LogP contribution is -2.23. The molecule has 0 aliphatic heterocycles. The molecule has 0 heterocycles. The second-order valence-electron chi connectivity index (χ2n) is 4.10. The lowest BCUT2D eigenvalue weighted by Gasteiger charge is -2.08. The summed E-state index contributed by atoms with van der Waals surface area (Å²) in [5, 5.41) is 3.46. The smallest absolute Gasteiger partial charge is 0.251 e. The van der Waals surface area contributed by atoms with E-state index < -0.39 is 0 Å². The fourth-order valence-corrected chi connectivity index (χ4v) is 2.23. The largest absolute Gasteiger partial charge is 0.348 e. The molecule has 98 valence electrons. The summed E-state index contributed by atoms with van der Waals surface area (Å²) in [5.41, 5.74) is 2.46. The van der Waals surface area contributed by atoms with Gasteiger partial charge < -0.3 is 5.32 Å². The molecular formula is C15H13BrFNO. The lowest BCUT2D eigenvalue weighted by atomic mass is 10.1. The number of rotatable bonds is 4. The third-order valence-electron chi connectivity index (χ3n) is 2.77. The van der Waals surface area contributed by atoms with Crippen molar-refractivity contribution in [2.24, 2.45) is 0 Å². The van der Waals surface area contributed by atoms with E-state index in [0.29, 0.717) is 17.4 Å². The van der Waals surface area contributed by atoms with Crippen molar-refractivity contribution in [2.75, 3.05) is 0 Å². The topological polar surface area (TPSA) is 29.1 Å². The van der Waals surface area contributed by atoms with E-state index >= 15 is 0 Å². The van der Waals surface area contributed by atoms with Crippen LogP contribution in [0, 0.1) is 5.82 Å². The first kappa shape index (κ1) is 13.7. The Bertz CT molecular complexity index is 569. The first-order chi connectivity index (χ1) is 9.20. The highest BCUT2D eigenvalue weighted by molar-refractivity contribution is 9.08. The van der Waals surface area contributed by atoms with E-state index in [1.165, 1.54) is 12.1 Å². The monoisotopic (exact) mass is 321 g/mol. The van der Waals surface area contributed by atoms with Gasteiger partial charge in [0.15, 0.2) is 0 Å². The number of carbonyl (C=O) groups excluding carboxylic acids is 1. The predicted octanol–water partition coefficient (Wildman–Crippen LogP) is 3.65. The summed E-state index contributed by atoms with van der Waals surface area (Å²) in [4.78, 5) is 12.1. The first-order valence-corrected chi connectivity index (χ1v) is 6.99. The minimum absolute atomic E-state index is 0.126. The van der Waals surface area contributed by atoms with Crippen LogP contribution in [0.15, 0.2) is 48.5 Å². The minimum Gasteiger partial charge on any atom is -0.348 e. The molecule has 2 aromatic rings. The third-order valence-corrected chi connectivity index (χ3v) is 3.38. The molecule has 2 aromatic carbocycles. The molecule has 0 atom stereocenters. The number of amides is 1. The Morgan fingerprint density at radius 1 is 1.11 bits per heavy atom. The van der Waals surface area contributed by atoms with Gasteiger partial charge in [-0.15, -0.1) is 0 Å². The Balaban J connectivity index is 2.03. The Morgan fingerprint density at radius 2 is 1.79 bits per heavy atom. The van der Waals surface area contributed by atoms with Crippen molar-refractivity contribution in [1.29, 1.82) is 0 Å². The molecule has 2 nitrogen and oxygen atoms in total. The van der Waals surface area contributed by atoms with Gasteiger partial charge in [0.1, 0.15) is 5.82 Å². The second-order valence-corrected chi connectivity index (χ2v) is 4.66. The van der Waals surface area contributed by atoms with Crippen molar-refractivity contribution in [3.63, 3.8) is 0 Å². The Labute approximate surface area is 119 Å². The van der Waals surface area contributed by atoms with E-state index in [4.69, 9.17) is 0 Å². The second kappa shape index (κ2) is 6.48. The highest BCUT2D eigenvalue weighted by Crippen LogP contribution is 2.12. The van der Waals surface area contributed by atoms with Crippen LogP contribution in [-0.2, 0) is 11.9 Å². The van der Waals surface area contributed by atoms with Crippen LogP contribution in [0.4, 0.5) is 4.39 Å². The average Bonchev–Trinajstić information content (AvgIpc) is 2.46. The Hall–Kier alpha value is -1.68. The van der Waals surface area contributed by atoms with Gasteiger partial charge in [0, 0.05) is 17.4 Å². The average molecular weight is 322 g/mol. The summed E-state index contributed by atoms with van der Waals surface area (Å²) in [5.74, 6) is -0.404. The minimum atomic E-state index is -0.278. The number of alkyl halides is 1. The number of benzene rings is 2. The van der Waals surface area contributed by atoms with Gasteiger partial charge in [-0.1, -0.05) is 46.3 Å². The van der Waals surface area contributed by atoms with Crippen molar-refractivity contribution in [1.82, 2.24) is 5.32 Å². The zero-order valence-corrected chi connectivity index (χ0v) is 11.8. The van der Waals surface area contributed by atoms with E-state index in [9.17, 15) is 9.18 Å². The van der Waals surface area contributed by atoms with Gasteiger partial charge in [-0.3, -0.25) is 4.79 Å². The van der Waals surface area contributed by atoms with E-state index in [1.54, 1.807) is 18.2 Å². The van der Waals surface area contributed by atoms with Gasteiger partial charge in [-0.2, -0.15) is 0 Å². The molecule has 0 aromatic heterocycles. The van der Waals surface area contributed by atoms with E-state index in [0.717, 1.165) is 11.1 Å². The molecular weight excluding hydrogens is 309 g/mol. The molecule has 0 aliphatic carbocycles. The molecule has 1 N–H and O–H groups in total. The molecule has 0 unspecified atom stereocenters. The summed E-state index contributed by atoms with van der Waals surface area (Å²) < 4.78 is 12.8. The number of hydrogen-bond acceptors (Lipinski definition) is 1. The van der Waals surface area contributed by atoms with Gasteiger partial charge in [0.05, 0.1) is 0 Å². The van der Waals surface area contributed by atoms with Gasteiger partial charge in [0.25, 0.3) is 5.91 Å². The van der Waals surface area contributed by atoms with Crippen molar-refractivity contribution in [2.45, 2.75) is 11.9 Å². The Morgan fingerprint density at radius 3 is 2.47 bits per heavy atom. The fraction of sp³-hybridized carbons (Fsp3) is 0.133. The van der Waals surface area contributed by atoms with Crippen LogP contribution in [0.25, 0.3) is 0 Å². The molecule has 1 amide bonds. The molecule has 4 heteroatoms. The van der Waals surface area contributed by atoms with Gasteiger partial charge in [0.2, 0.25) is 0 Å². The van der Waals surface area contributed by atoms with E-state index in [-0.39, 0.29) is 11.7 Å². The van der Waals surface area contributed by atoms with Crippen LogP contribution >= 0.6 is 15.9 Å². The maximum absolute atomic E-state index is 12.8. The zero-order chi connectivity index (χ0) is 13.7. The molecule has 0 bridgehead atoms. The van der Waals surface area contributed by atoms with Crippen LogP contribution in [0.3, 0.4) is 0 Å². The van der Waals surface area contributed by atoms with Crippen LogP contribution < -0.4 is 5.32 Å². The van der Waals surface area contributed by atoms with Crippen LogP contribution in [0.1, 0.15) is 21.5 Å². The summed E-state index contributed by atoms with van der Waals surface area (Å²) in [6, 6.07) is 13.5. The molecule has 2 rings (SSSR count). The van der Waals surface area contributed by atoms with Gasteiger partial charge >= 0.3 is 0 Å². The molecule has 0 saturated carbocycles. The lowest BCUT2D eigenvalue weighted by molar-refractivity contribution is 0.0950. The standard InChI is InChI=1S/C15H13BrFNO/c16-9-12-3-1-2-4-14(12)15(19)18-10-11-5-7-13(17)8-6-11/h1-8H,9-10H2,(H,18,19). The molecule has 19 heavy (non-hydrogen) atoms. The summed E-state index contributed by atoms with van der Waals surface area (Å²) >= 11 is 3.36.